The molecule has 0 saturated carbocycles. The standard InChI is InChI=1S/C10H23N/c1-8(2)6-7-10(11-5)9(3)4/h8-11H,6-7H2,1-5H3/t10-/m0/s1. The third-order valence-corrected chi connectivity index (χ3v) is 2.23. The van der Waals surface area contributed by atoms with Gasteiger partial charge < -0.3 is 5.32 Å². The van der Waals surface area contributed by atoms with Crippen molar-refractivity contribution in [1.82, 2.24) is 5.32 Å². The highest BCUT2D eigenvalue weighted by molar-refractivity contribution is 4.68. The Morgan fingerprint density at radius 3 is 1.82 bits per heavy atom. The maximum absolute atomic E-state index is 3.36. The molecule has 0 aliphatic rings. The van der Waals surface area contributed by atoms with Gasteiger partial charge in [-0.05, 0) is 31.7 Å². The lowest BCUT2D eigenvalue weighted by molar-refractivity contribution is 0.371. The fraction of sp³-hybridized carbons (Fsp3) is 1.00. The Bertz CT molecular complexity index is 86.9. The van der Waals surface area contributed by atoms with Crippen LogP contribution in [0.1, 0.15) is 40.5 Å². The van der Waals surface area contributed by atoms with Gasteiger partial charge in [0.05, 0.1) is 0 Å². The second-order valence-electron chi connectivity index (χ2n) is 4.11. The summed E-state index contributed by atoms with van der Waals surface area (Å²) in [6, 6.07) is 0.706. The van der Waals surface area contributed by atoms with E-state index >= 15 is 0 Å². The lowest BCUT2D eigenvalue weighted by Gasteiger charge is -2.20. The molecule has 0 heterocycles. The second kappa shape index (κ2) is 5.59. The molecule has 0 aliphatic heterocycles. The van der Waals surface area contributed by atoms with Crippen molar-refractivity contribution < 1.29 is 0 Å². The summed E-state index contributed by atoms with van der Waals surface area (Å²) in [4.78, 5) is 0. The van der Waals surface area contributed by atoms with Gasteiger partial charge in [-0.3, -0.25) is 0 Å². The van der Waals surface area contributed by atoms with Crippen molar-refractivity contribution in [3.05, 3.63) is 0 Å². The van der Waals surface area contributed by atoms with Crippen LogP contribution in [0.5, 0.6) is 0 Å². The van der Waals surface area contributed by atoms with E-state index in [0.29, 0.717) is 6.04 Å². The summed E-state index contributed by atoms with van der Waals surface area (Å²) >= 11 is 0. The molecule has 0 radical (unpaired) electrons. The van der Waals surface area contributed by atoms with Gasteiger partial charge in [0.1, 0.15) is 0 Å². The summed E-state index contributed by atoms with van der Waals surface area (Å²) in [7, 11) is 2.06. The molecule has 0 spiro atoms. The van der Waals surface area contributed by atoms with Crippen LogP contribution in [0, 0.1) is 11.8 Å². The van der Waals surface area contributed by atoms with Crippen molar-refractivity contribution in [2.24, 2.45) is 11.8 Å². The molecule has 0 unspecified atom stereocenters. The smallest absolute Gasteiger partial charge is 0.00871 e. The van der Waals surface area contributed by atoms with E-state index in [4.69, 9.17) is 0 Å². The van der Waals surface area contributed by atoms with E-state index in [1.54, 1.807) is 0 Å². The topological polar surface area (TPSA) is 12.0 Å². The van der Waals surface area contributed by atoms with Gasteiger partial charge in [-0.2, -0.15) is 0 Å². The van der Waals surface area contributed by atoms with Crippen molar-refractivity contribution in [1.29, 1.82) is 0 Å². The molecule has 1 heteroatoms. The van der Waals surface area contributed by atoms with E-state index in [9.17, 15) is 0 Å². The lowest BCUT2D eigenvalue weighted by atomic mass is 9.96. The fourth-order valence-corrected chi connectivity index (χ4v) is 1.32. The normalized spacial score (nSPS) is 14.5. The summed E-state index contributed by atoms with van der Waals surface area (Å²) in [6.45, 7) is 9.13. The van der Waals surface area contributed by atoms with Crippen molar-refractivity contribution in [3.63, 3.8) is 0 Å². The molecule has 0 fully saturated rings. The molecular weight excluding hydrogens is 134 g/mol. The van der Waals surface area contributed by atoms with Crippen LogP contribution in [-0.2, 0) is 0 Å². The molecule has 1 nitrogen and oxygen atoms in total. The molecule has 0 amide bonds. The Labute approximate surface area is 71.6 Å². The van der Waals surface area contributed by atoms with E-state index < -0.39 is 0 Å². The largest absolute Gasteiger partial charge is 0.317 e. The van der Waals surface area contributed by atoms with Crippen LogP contribution in [0.25, 0.3) is 0 Å². The van der Waals surface area contributed by atoms with Gasteiger partial charge >= 0.3 is 0 Å². The molecule has 11 heavy (non-hydrogen) atoms. The quantitative estimate of drug-likeness (QED) is 0.647. The highest BCUT2D eigenvalue weighted by atomic mass is 14.9. The number of rotatable bonds is 5. The first-order valence-electron chi connectivity index (χ1n) is 4.75. The average molecular weight is 157 g/mol. The lowest BCUT2D eigenvalue weighted by Crippen LogP contribution is -2.30. The maximum Gasteiger partial charge on any atom is 0.00871 e. The molecular formula is C10H23N. The Morgan fingerprint density at radius 1 is 1.00 bits per heavy atom. The molecule has 0 aromatic carbocycles. The SMILES string of the molecule is CN[C@@H](CCC(C)C)C(C)C. The zero-order chi connectivity index (χ0) is 8.85. The predicted molar refractivity (Wildman–Crippen MR) is 51.8 cm³/mol. The van der Waals surface area contributed by atoms with Gasteiger partial charge in [-0.1, -0.05) is 27.7 Å². The molecule has 0 aromatic rings. The van der Waals surface area contributed by atoms with Gasteiger partial charge in [-0.25, -0.2) is 0 Å². The molecule has 0 saturated heterocycles. The highest BCUT2D eigenvalue weighted by Gasteiger charge is 2.10. The van der Waals surface area contributed by atoms with Gasteiger partial charge in [-0.15, -0.1) is 0 Å². The van der Waals surface area contributed by atoms with Crippen LogP contribution >= 0.6 is 0 Å². The highest BCUT2D eigenvalue weighted by Crippen LogP contribution is 2.12. The minimum absolute atomic E-state index is 0.706. The molecule has 0 bridgehead atoms. The number of hydrogen-bond acceptors (Lipinski definition) is 1. The Morgan fingerprint density at radius 2 is 1.55 bits per heavy atom. The Hall–Kier alpha value is -0.0400. The second-order valence-corrected chi connectivity index (χ2v) is 4.11. The summed E-state index contributed by atoms with van der Waals surface area (Å²) in [5.74, 6) is 1.60. The fourth-order valence-electron chi connectivity index (χ4n) is 1.32. The van der Waals surface area contributed by atoms with Crippen LogP contribution in [0.2, 0.25) is 0 Å². The van der Waals surface area contributed by atoms with Crippen LogP contribution < -0.4 is 5.32 Å². The van der Waals surface area contributed by atoms with Crippen molar-refractivity contribution in [2.75, 3.05) is 7.05 Å². The van der Waals surface area contributed by atoms with Gasteiger partial charge in [0.2, 0.25) is 0 Å². The van der Waals surface area contributed by atoms with E-state index in [-0.39, 0.29) is 0 Å². The average Bonchev–Trinajstić information content (AvgIpc) is 1.87. The Balaban J connectivity index is 3.52. The van der Waals surface area contributed by atoms with E-state index in [1.807, 2.05) is 0 Å². The number of hydrogen-bond donors (Lipinski definition) is 1. The van der Waals surface area contributed by atoms with E-state index in [1.165, 1.54) is 12.8 Å². The maximum atomic E-state index is 3.36. The van der Waals surface area contributed by atoms with Gasteiger partial charge in [0.15, 0.2) is 0 Å². The van der Waals surface area contributed by atoms with Crippen LogP contribution in [0.4, 0.5) is 0 Å². The third-order valence-electron chi connectivity index (χ3n) is 2.23. The monoisotopic (exact) mass is 157 g/mol. The zero-order valence-electron chi connectivity index (χ0n) is 8.65. The minimum Gasteiger partial charge on any atom is -0.317 e. The summed E-state index contributed by atoms with van der Waals surface area (Å²) < 4.78 is 0. The molecule has 68 valence electrons. The van der Waals surface area contributed by atoms with E-state index in [0.717, 1.165) is 11.8 Å². The van der Waals surface area contributed by atoms with Crippen LogP contribution in [0.3, 0.4) is 0 Å². The Kier molecular flexibility index (Phi) is 5.57. The first-order valence-corrected chi connectivity index (χ1v) is 4.75. The molecule has 0 aliphatic carbocycles. The molecule has 1 N–H and O–H groups in total. The van der Waals surface area contributed by atoms with E-state index in [2.05, 4.69) is 40.1 Å². The number of nitrogens with one attached hydrogen (secondary N) is 1. The first-order chi connectivity index (χ1) is 5.07. The minimum atomic E-state index is 0.706. The summed E-state index contributed by atoms with van der Waals surface area (Å²) in [5, 5.41) is 3.36. The van der Waals surface area contributed by atoms with Gasteiger partial charge in [0.25, 0.3) is 0 Å². The van der Waals surface area contributed by atoms with Crippen molar-refractivity contribution >= 4 is 0 Å². The van der Waals surface area contributed by atoms with Crippen molar-refractivity contribution in [2.45, 2.75) is 46.6 Å². The van der Waals surface area contributed by atoms with Crippen molar-refractivity contribution in [3.8, 4) is 0 Å². The third kappa shape index (κ3) is 5.25. The zero-order valence-corrected chi connectivity index (χ0v) is 8.65. The van der Waals surface area contributed by atoms with Crippen LogP contribution in [0.15, 0.2) is 0 Å². The van der Waals surface area contributed by atoms with Gasteiger partial charge in [0, 0.05) is 6.04 Å². The van der Waals surface area contributed by atoms with Crippen LogP contribution in [-0.4, -0.2) is 13.1 Å². The molecule has 0 aromatic heterocycles. The summed E-state index contributed by atoms with van der Waals surface area (Å²) in [6.07, 6.45) is 2.65. The predicted octanol–water partition coefficient (Wildman–Crippen LogP) is 2.67. The molecule has 0 rings (SSSR count). The first kappa shape index (κ1) is 11.0. The summed E-state index contributed by atoms with van der Waals surface area (Å²) in [5.41, 5.74) is 0. The molecule has 1 atom stereocenters.